The summed E-state index contributed by atoms with van der Waals surface area (Å²) in [5, 5.41) is 10.2. The van der Waals surface area contributed by atoms with Crippen LogP contribution in [0.2, 0.25) is 5.02 Å². The highest BCUT2D eigenvalue weighted by molar-refractivity contribution is 6.38. The molecular formula is C32H37ClF2N4O6. The number of rotatable bonds is 14. The van der Waals surface area contributed by atoms with E-state index in [1.165, 1.54) is 42.5 Å². The van der Waals surface area contributed by atoms with Crippen LogP contribution in [0.1, 0.15) is 63.2 Å². The number of carbonyl (C=O) groups is 5. The summed E-state index contributed by atoms with van der Waals surface area (Å²) in [5.74, 6) is -7.38. The van der Waals surface area contributed by atoms with Gasteiger partial charge in [0.2, 0.25) is 17.6 Å². The van der Waals surface area contributed by atoms with Gasteiger partial charge in [-0.3, -0.25) is 19.2 Å². The van der Waals surface area contributed by atoms with E-state index in [4.69, 9.17) is 16.3 Å². The first-order chi connectivity index (χ1) is 21.3. The highest BCUT2D eigenvalue weighted by atomic mass is 35.5. The fraction of sp³-hybridized carbons (Fsp3) is 0.469. The van der Waals surface area contributed by atoms with E-state index >= 15 is 8.78 Å². The predicted molar refractivity (Wildman–Crippen MR) is 161 cm³/mol. The number of hydrogen-bond acceptors (Lipinski definition) is 6. The molecule has 4 atom stereocenters. The summed E-state index contributed by atoms with van der Waals surface area (Å²) in [6.07, 6.45) is -1.54. The van der Waals surface area contributed by atoms with Gasteiger partial charge in [-0.05, 0) is 55.7 Å². The molecule has 10 nitrogen and oxygen atoms in total. The molecule has 4 amide bonds. The molecule has 1 heterocycles. The molecule has 0 radical (unpaired) electrons. The van der Waals surface area contributed by atoms with Gasteiger partial charge in [0.25, 0.3) is 5.91 Å². The van der Waals surface area contributed by atoms with Crippen molar-refractivity contribution >= 4 is 41.2 Å². The third-order valence-electron chi connectivity index (χ3n) is 7.63. The van der Waals surface area contributed by atoms with E-state index in [1.54, 1.807) is 19.9 Å². The fourth-order valence-electron chi connectivity index (χ4n) is 5.11. The van der Waals surface area contributed by atoms with Gasteiger partial charge in [0.05, 0.1) is 6.04 Å². The molecule has 2 aromatic carbocycles. The van der Waals surface area contributed by atoms with Gasteiger partial charge in [-0.25, -0.2) is 4.79 Å². The van der Waals surface area contributed by atoms with Crippen LogP contribution in [0, 0.1) is 11.8 Å². The van der Waals surface area contributed by atoms with Crippen LogP contribution in [0.15, 0.2) is 54.6 Å². The van der Waals surface area contributed by atoms with Gasteiger partial charge >= 0.3 is 12.0 Å². The van der Waals surface area contributed by atoms with E-state index in [2.05, 4.69) is 21.3 Å². The van der Waals surface area contributed by atoms with Crippen molar-refractivity contribution in [2.75, 3.05) is 6.54 Å². The lowest BCUT2D eigenvalue weighted by Crippen LogP contribution is -2.55. The maximum absolute atomic E-state index is 15.9. The van der Waals surface area contributed by atoms with Crippen LogP contribution in [-0.2, 0) is 29.8 Å². The number of hydrogen-bond donors (Lipinski definition) is 4. The molecule has 1 aliphatic carbocycles. The van der Waals surface area contributed by atoms with Gasteiger partial charge in [-0.15, -0.1) is 0 Å². The number of alkyl carbamates (subject to hydrolysis) is 1. The van der Waals surface area contributed by atoms with Crippen LogP contribution in [0.25, 0.3) is 0 Å². The van der Waals surface area contributed by atoms with E-state index in [0.717, 1.165) is 18.9 Å². The molecule has 45 heavy (non-hydrogen) atoms. The van der Waals surface area contributed by atoms with Crippen molar-refractivity contribution in [2.24, 2.45) is 11.8 Å². The lowest BCUT2D eigenvalue weighted by molar-refractivity contribution is -0.141. The molecule has 2 aromatic rings. The summed E-state index contributed by atoms with van der Waals surface area (Å²) >= 11 is 5.96. The summed E-state index contributed by atoms with van der Waals surface area (Å²) < 4.78 is 37.0. The molecule has 0 bridgehead atoms. The third kappa shape index (κ3) is 9.23. The number of ketones is 1. The average molecular weight is 647 g/mol. The normalized spacial score (nSPS) is 18.4. The van der Waals surface area contributed by atoms with Gasteiger partial charge in [-0.1, -0.05) is 67.9 Å². The number of Topliss-reactive ketones (excluding diaryl/α,β-unsaturated/α-hetero) is 1. The highest BCUT2D eigenvalue weighted by Crippen LogP contribution is 2.43. The van der Waals surface area contributed by atoms with Crippen LogP contribution < -0.4 is 21.3 Å². The Labute approximate surface area is 265 Å². The quantitative estimate of drug-likeness (QED) is 0.227. The molecule has 1 unspecified atom stereocenters. The highest BCUT2D eigenvalue weighted by Gasteiger charge is 2.46. The van der Waals surface area contributed by atoms with E-state index in [1.807, 2.05) is 0 Å². The minimum absolute atomic E-state index is 0.00432. The Hall–Kier alpha value is -4.06. The number of alkyl halides is 2. The SMILES string of the molecule is CC(C)C[C@H](NC(=O)OC(c1ccccc1)C(F)(F)c1cccc(Cl)c1)C(=O)N[C@@H](C[C@@H]1CCNC1=O)C(=O)C(=O)NC1CC1. The summed E-state index contributed by atoms with van der Waals surface area (Å²) in [6.45, 7) is 3.96. The number of carbonyl (C=O) groups excluding carboxylic acids is 5. The van der Waals surface area contributed by atoms with Crippen molar-refractivity contribution in [3.8, 4) is 0 Å². The molecule has 1 saturated heterocycles. The first-order valence-electron chi connectivity index (χ1n) is 14.9. The second-order valence-electron chi connectivity index (χ2n) is 11.8. The summed E-state index contributed by atoms with van der Waals surface area (Å²) in [7, 11) is 0. The largest absolute Gasteiger partial charge is 0.434 e. The topological polar surface area (TPSA) is 143 Å². The number of ether oxygens (including phenoxy) is 1. The monoisotopic (exact) mass is 646 g/mol. The predicted octanol–water partition coefficient (Wildman–Crippen LogP) is 4.17. The Morgan fingerprint density at radius 3 is 2.31 bits per heavy atom. The Morgan fingerprint density at radius 2 is 1.71 bits per heavy atom. The van der Waals surface area contributed by atoms with E-state index < -0.39 is 59.3 Å². The minimum Gasteiger partial charge on any atom is -0.434 e. The van der Waals surface area contributed by atoms with E-state index in [-0.39, 0.29) is 41.3 Å². The first-order valence-corrected chi connectivity index (χ1v) is 15.3. The summed E-state index contributed by atoms with van der Waals surface area (Å²) in [6, 6.07) is 9.71. The molecule has 1 aliphatic heterocycles. The number of nitrogens with one attached hydrogen (secondary N) is 4. The Bertz CT molecular complexity index is 1410. The van der Waals surface area contributed by atoms with Crippen LogP contribution in [-0.4, -0.2) is 54.3 Å². The van der Waals surface area contributed by atoms with Crippen molar-refractivity contribution in [1.29, 1.82) is 0 Å². The maximum Gasteiger partial charge on any atom is 0.408 e. The second-order valence-corrected chi connectivity index (χ2v) is 12.3. The van der Waals surface area contributed by atoms with Gasteiger partial charge < -0.3 is 26.0 Å². The molecule has 13 heteroatoms. The van der Waals surface area contributed by atoms with Crippen molar-refractivity contribution in [3.63, 3.8) is 0 Å². The molecular weight excluding hydrogens is 610 g/mol. The molecule has 2 aliphatic rings. The molecule has 4 rings (SSSR count). The zero-order chi connectivity index (χ0) is 32.7. The average Bonchev–Trinajstić information content (AvgIpc) is 3.73. The van der Waals surface area contributed by atoms with Crippen molar-refractivity contribution in [1.82, 2.24) is 21.3 Å². The van der Waals surface area contributed by atoms with Crippen molar-refractivity contribution < 1.29 is 37.5 Å². The molecule has 2 fully saturated rings. The first kappa shape index (κ1) is 33.8. The zero-order valence-electron chi connectivity index (χ0n) is 25.0. The summed E-state index contributed by atoms with van der Waals surface area (Å²) in [4.78, 5) is 64.7. The van der Waals surface area contributed by atoms with Gasteiger partial charge in [-0.2, -0.15) is 8.78 Å². The second kappa shape index (κ2) is 14.8. The molecule has 242 valence electrons. The standard InChI is InChI=1S/C32H37ClF2N4O6/c1-18(2)15-25(29(42)38-24(16-20-13-14-36-28(20)41)26(40)30(43)37-23-11-12-23)39-31(44)45-27(19-7-4-3-5-8-19)32(34,35)21-9-6-10-22(33)17-21/h3-10,17-18,20,23-25,27H,11-16H2,1-2H3,(H,36,41)(H,37,43)(H,38,42)(H,39,44)/t20-,24-,25-,27?/m0/s1. The van der Waals surface area contributed by atoms with Gasteiger partial charge in [0, 0.05) is 29.1 Å². The fourth-order valence-corrected chi connectivity index (χ4v) is 5.30. The van der Waals surface area contributed by atoms with Gasteiger partial charge in [0.1, 0.15) is 6.04 Å². The number of amides is 4. The lowest BCUT2D eigenvalue weighted by Gasteiger charge is -2.29. The van der Waals surface area contributed by atoms with Crippen molar-refractivity contribution in [3.05, 3.63) is 70.7 Å². The smallest absolute Gasteiger partial charge is 0.408 e. The Balaban J connectivity index is 1.53. The molecule has 0 aromatic heterocycles. The molecule has 4 N–H and O–H groups in total. The minimum atomic E-state index is -3.71. The molecule has 1 saturated carbocycles. The van der Waals surface area contributed by atoms with Crippen LogP contribution in [0.5, 0.6) is 0 Å². The van der Waals surface area contributed by atoms with Crippen LogP contribution in [0.4, 0.5) is 13.6 Å². The van der Waals surface area contributed by atoms with Crippen LogP contribution in [0.3, 0.4) is 0 Å². The zero-order valence-corrected chi connectivity index (χ0v) is 25.7. The Kier molecular flexibility index (Phi) is 11.1. The summed E-state index contributed by atoms with van der Waals surface area (Å²) in [5.41, 5.74) is -0.473. The van der Waals surface area contributed by atoms with Gasteiger partial charge in [0.15, 0.2) is 6.10 Å². The van der Waals surface area contributed by atoms with E-state index in [9.17, 15) is 24.0 Å². The number of benzene rings is 2. The van der Waals surface area contributed by atoms with Crippen molar-refractivity contribution in [2.45, 2.75) is 76.1 Å². The maximum atomic E-state index is 15.9. The lowest BCUT2D eigenvalue weighted by atomic mass is 9.94. The number of halogens is 3. The van der Waals surface area contributed by atoms with Crippen LogP contribution >= 0.6 is 11.6 Å². The molecule has 0 spiro atoms. The third-order valence-corrected chi connectivity index (χ3v) is 7.87. The Morgan fingerprint density at radius 1 is 1.00 bits per heavy atom. The van der Waals surface area contributed by atoms with E-state index in [0.29, 0.717) is 13.0 Å².